The molecule has 9 heteroatoms. The van der Waals surface area contributed by atoms with Crippen molar-refractivity contribution in [1.82, 2.24) is 24.4 Å². The van der Waals surface area contributed by atoms with Gasteiger partial charge in [-0.05, 0) is 65.1 Å². The number of ether oxygens (including phenoxy) is 1. The molecule has 0 spiro atoms. The summed E-state index contributed by atoms with van der Waals surface area (Å²) in [6.07, 6.45) is 5.58. The minimum absolute atomic E-state index is 0.102. The summed E-state index contributed by atoms with van der Waals surface area (Å²) < 4.78 is 7.54. The molecule has 0 bridgehead atoms. The summed E-state index contributed by atoms with van der Waals surface area (Å²) in [5.41, 5.74) is 1.88. The molecule has 1 aliphatic heterocycles. The van der Waals surface area contributed by atoms with Crippen molar-refractivity contribution in [3.05, 3.63) is 52.2 Å². The van der Waals surface area contributed by atoms with Crippen molar-refractivity contribution < 1.29 is 9.53 Å². The van der Waals surface area contributed by atoms with E-state index in [2.05, 4.69) is 25.8 Å². The van der Waals surface area contributed by atoms with Gasteiger partial charge in [-0.15, -0.1) is 0 Å². The van der Waals surface area contributed by atoms with Crippen molar-refractivity contribution in [3.63, 3.8) is 0 Å². The second kappa shape index (κ2) is 12.5. The highest BCUT2D eigenvalue weighted by Gasteiger charge is 2.23. The van der Waals surface area contributed by atoms with E-state index in [1.807, 2.05) is 59.7 Å². The summed E-state index contributed by atoms with van der Waals surface area (Å²) in [5.74, 6) is 1.40. The summed E-state index contributed by atoms with van der Waals surface area (Å²) in [6.45, 7) is 15.5. The number of benzene rings is 1. The smallest absolute Gasteiger partial charge is 0.306 e. The molecule has 0 unspecified atom stereocenters. The number of aromatic amines is 1. The Morgan fingerprint density at radius 2 is 1.77 bits per heavy atom. The minimum Gasteiger partial charge on any atom is -0.460 e. The highest BCUT2D eigenvalue weighted by atomic mass is 16.6. The Balaban J connectivity index is 1.33. The average molecular weight is 551 g/mol. The molecule has 0 radical (unpaired) electrons. The van der Waals surface area contributed by atoms with Gasteiger partial charge in [-0.25, -0.2) is 9.97 Å². The number of hydrogen-bond acceptors (Lipinski definition) is 7. The molecule has 1 fully saturated rings. The van der Waals surface area contributed by atoms with Gasteiger partial charge >= 0.3 is 5.97 Å². The van der Waals surface area contributed by atoms with E-state index >= 15 is 0 Å². The molecule has 0 aliphatic carbocycles. The highest BCUT2D eigenvalue weighted by Crippen LogP contribution is 2.24. The first-order valence-corrected chi connectivity index (χ1v) is 14.6. The number of piperidine rings is 1. The van der Waals surface area contributed by atoms with E-state index in [-0.39, 0.29) is 16.9 Å². The number of anilines is 1. The Kier molecular flexibility index (Phi) is 9.33. The summed E-state index contributed by atoms with van der Waals surface area (Å²) >= 11 is 0. The number of hydrogen-bond donors (Lipinski definition) is 2. The van der Waals surface area contributed by atoms with E-state index < -0.39 is 5.60 Å². The maximum atomic E-state index is 12.4. The molecule has 0 saturated carbocycles. The van der Waals surface area contributed by atoms with Gasteiger partial charge in [0.15, 0.2) is 0 Å². The number of carbonyl (C=O) groups is 1. The minimum atomic E-state index is -0.410. The molecule has 1 aliphatic rings. The van der Waals surface area contributed by atoms with Crippen LogP contribution in [0.3, 0.4) is 0 Å². The molecular weight excluding hydrogens is 504 g/mol. The number of imidazole rings is 1. The third-order valence-electron chi connectivity index (χ3n) is 7.18. The number of unbranched alkanes of at least 4 members (excludes halogenated alkanes) is 2. The summed E-state index contributed by atoms with van der Waals surface area (Å²) in [7, 11) is 0. The Hall–Kier alpha value is -3.20. The number of fused-ring (bicyclic) bond motifs is 1. The third kappa shape index (κ3) is 8.40. The van der Waals surface area contributed by atoms with Crippen molar-refractivity contribution in [2.45, 2.75) is 104 Å². The Bertz CT molecular complexity index is 1340. The topological polar surface area (TPSA) is 105 Å². The number of nitrogens with one attached hydrogen (secondary N) is 2. The fraction of sp³-hybridized carbons (Fsp3) is 0.613. The van der Waals surface area contributed by atoms with Crippen molar-refractivity contribution in [2.24, 2.45) is 0 Å². The summed E-state index contributed by atoms with van der Waals surface area (Å²) in [5, 5.41) is 3.71. The van der Waals surface area contributed by atoms with Crippen molar-refractivity contribution in [3.8, 4) is 0 Å². The molecule has 218 valence electrons. The molecule has 3 heterocycles. The fourth-order valence-electron chi connectivity index (χ4n) is 5.11. The monoisotopic (exact) mass is 550 g/mol. The van der Waals surface area contributed by atoms with Crippen molar-refractivity contribution in [1.29, 1.82) is 0 Å². The van der Waals surface area contributed by atoms with Crippen LogP contribution in [0.2, 0.25) is 0 Å². The van der Waals surface area contributed by atoms with Gasteiger partial charge in [0.2, 0.25) is 5.95 Å². The molecule has 0 atom stereocenters. The van der Waals surface area contributed by atoms with Gasteiger partial charge in [-0.2, -0.15) is 0 Å². The highest BCUT2D eigenvalue weighted by molar-refractivity contribution is 5.78. The number of esters is 1. The number of likely N-dealkylation sites (tertiary alicyclic amines) is 1. The lowest BCUT2D eigenvalue weighted by molar-refractivity contribution is -0.154. The number of aromatic nitrogens is 4. The first-order valence-electron chi connectivity index (χ1n) is 14.6. The largest absolute Gasteiger partial charge is 0.460 e. The van der Waals surface area contributed by atoms with Crippen LogP contribution in [-0.2, 0) is 21.5 Å². The molecular formula is C31H46N6O3. The molecule has 4 rings (SSSR count). The molecule has 40 heavy (non-hydrogen) atoms. The number of para-hydroxylation sites is 2. The van der Waals surface area contributed by atoms with Crippen LogP contribution in [0.4, 0.5) is 5.95 Å². The lowest BCUT2D eigenvalue weighted by Crippen LogP contribution is -2.40. The SMILES string of the molecule is CC(C)(C)OC(=O)CCCCCN1CCC(Nc2nc3ccccc3n2Cc2cc(=O)[nH]c(C(C)(C)C)n2)CC1. The lowest BCUT2D eigenvalue weighted by Gasteiger charge is -2.32. The number of nitrogens with zero attached hydrogens (tertiary/aromatic N) is 4. The van der Waals surface area contributed by atoms with Gasteiger partial charge in [0.25, 0.3) is 5.56 Å². The maximum Gasteiger partial charge on any atom is 0.306 e. The van der Waals surface area contributed by atoms with E-state index in [9.17, 15) is 9.59 Å². The molecule has 3 aromatic rings. The normalized spacial score (nSPS) is 15.4. The van der Waals surface area contributed by atoms with Gasteiger partial charge in [-0.1, -0.05) is 39.3 Å². The van der Waals surface area contributed by atoms with E-state index in [0.717, 1.165) is 74.4 Å². The second-order valence-corrected chi connectivity index (χ2v) is 13.0. The van der Waals surface area contributed by atoms with Gasteiger partial charge in [0.1, 0.15) is 11.4 Å². The number of rotatable bonds is 10. The quantitative estimate of drug-likeness (QED) is 0.263. The van der Waals surface area contributed by atoms with Crippen LogP contribution in [0.5, 0.6) is 0 Å². The van der Waals surface area contributed by atoms with E-state index in [1.54, 1.807) is 6.07 Å². The van der Waals surface area contributed by atoms with Gasteiger partial charge in [0.05, 0.1) is 23.3 Å². The molecule has 2 aromatic heterocycles. The van der Waals surface area contributed by atoms with Crippen LogP contribution in [0.1, 0.15) is 91.6 Å². The van der Waals surface area contributed by atoms with Crippen LogP contribution < -0.4 is 10.9 Å². The zero-order valence-corrected chi connectivity index (χ0v) is 25.0. The van der Waals surface area contributed by atoms with E-state index in [4.69, 9.17) is 14.7 Å². The standard InChI is InChI=1S/C31H46N6O3/c1-30(2,3)28-32-23(20-26(38)35-28)21-37-25-13-10-9-12-24(25)34-29(37)33-22-15-18-36(19-16-22)17-11-7-8-14-27(39)40-31(4,5)6/h9-10,12-13,20,22H,7-8,11,14-19,21H2,1-6H3,(H,33,34)(H,32,35,38). The lowest BCUT2D eigenvalue weighted by atomic mass is 9.95. The molecule has 1 aromatic carbocycles. The average Bonchev–Trinajstić information content (AvgIpc) is 3.19. The third-order valence-corrected chi connectivity index (χ3v) is 7.18. The summed E-state index contributed by atoms with van der Waals surface area (Å²) in [4.78, 5) is 39.4. The zero-order chi connectivity index (χ0) is 28.9. The van der Waals surface area contributed by atoms with Crippen molar-refractivity contribution >= 4 is 23.0 Å². The molecule has 0 amide bonds. The van der Waals surface area contributed by atoms with Crippen LogP contribution in [0, 0.1) is 0 Å². The molecule has 1 saturated heterocycles. The van der Waals surface area contributed by atoms with E-state index in [0.29, 0.717) is 24.8 Å². The Morgan fingerprint density at radius 1 is 1.05 bits per heavy atom. The predicted molar refractivity (Wildman–Crippen MR) is 160 cm³/mol. The zero-order valence-electron chi connectivity index (χ0n) is 25.0. The Morgan fingerprint density at radius 3 is 2.48 bits per heavy atom. The maximum absolute atomic E-state index is 12.4. The first kappa shape index (κ1) is 29.8. The number of carbonyl (C=O) groups excluding carboxylic acids is 1. The second-order valence-electron chi connectivity index (χ2n) is 13.0. The van der Waals surface area contributed by atoms with Crippen LogP contribution >= 0.6 is 0 Å². The van der Waals surface area contributed by atoms with Crippen LogP contribution in [-0.4, -0.2) is 61.7 Å². The Labute approximate surface area is 237 Å². The van der Waals surface area contributed by atoms with E-state index in [1.165, 1.54) is 0 Å². The fourth-order valence-corrected chi connectivity index (χ4v) is 5.11. The molecule has 2 N–H and O–H groups in total. The first-order chi connectivity index (χ1) is 18.9. The van der Waals surface area contributed by atoms with Crippen LogP contribution in [0.15, 0.2) is 35.1 Å². The van der Waals surface area contributed by atoms with Crippen LogP contribution in [0.25, 0.3) is 11.0 Å². The predicted octanol–water partition coefficient (Wildman–Crippen LogP) is 5.24. The molecule has 9 nitrogen and oxygen atoms in total. The van der Waals surface area contributed by atoms with Gasteiger partial charge in [-0.3, -0.25) is 9.59 Å². The number of H-pyrrole nitrogens is 1. The summed E-state index contributed by atoms with van der Waals surface area (Å²) in [6, 6.07) is 10.0. The van der Waals surface area contributed by atoms with Gasteiger partial charge < -0.3 is 24.5 Å². The van der Waals surface area contributed by atoms with Gasteiger partial charge in [0, 0.05) is 37.0 Å². The van der Waals surface area contributed by atoms with Crippen molar-refractivity contribution in [2.75, 3.05) is 25.0 Å².